The van der Waals surface area contributed by atoms with Crippen LogP contribution in [-0.2, 0) is 6.54 Å². The number of aromatic nitrogens is 1. The van der Waals surface area contributed by atoms with E-state index in [-0.39, 0.29) is 0 Å². The minimum absolute atomic E-state index is 0.609. The lowest BCUT2D eigenvalue weighted by molar-refractivity contribution is 0.979. The van der Waals surface area contributed by atoms with Gasteiger partial charge in [-0.2, -0.15) is 0 Å². The van der Waals surface area contributed by atoms with Crippen LogP contribution in [0.1, 0.15) is 40.5 Å². The SMILES string of the molecule is Cc1cc(-c2nc(C3CC3)c(CN)s2)cc(C)c1Br. The van der Waals surface area contributed by atoms with Crippen LogP contribution in [0.5, 0.6) is 0 Å². The van der Waals surface area contributed by atoms with Crippen molar-refractivity contribution in [1.82, 2.24) is 4.98 Å². The molecule has 100 valence electrons. The third-order valence-corrected chi connectivity index (χ3v) is 5.95. The highest BCUT2D eigenvalue weighted by atomic mass is 79.9. The Morgan fingerprint density at radius 3 is 2.47 bits per heavy atom. The van der Waals surface area contributed by atoms with Gasteiger partial charge >= 0.3 is 0 Å². The van der Waals surface area contributed by atoms with Gasteiger partial charge < -0.3 is 5.73 Å². The predicted octanol–water partition coefficient (Wildman–Crippen LogP) is 4.53. The van der Waals surface area contributed by atoms with Crippen LogP contribution < -0.4 is 5.73 Å². The fourth-order valence-electron chi connectivity index (χ4n) is 2.38. The van der Waals surface area contributed by atoms with E-state index < -0.39 is 0 Å². The minimum Gasteiger partial charge on any atom is -0.326 e. The van der Waals surface area contributed by atoms with Crippen molar-refractivity contribution in [3.05, 3.63) is 38.3 Å². The molecule has 1 aliphatic carbocycles. The zero-order valence-corrected chi connectivity index (χ0v) is 13.6. The molecule has 0 unspecified atom stereocenters. The number of nitrogens with two attached hydrogens (primary N) is 1. The van der Waals surface area contributed by atoms with Gasteiger partial charge in [-0.05, 0) is 49.9 Å². The zero-order valence-electron chi connectivity index (χ0n) is 11.2. The second-order valence-corrected chi connectivity index (χ2v) is 7.11. The molecule has 0 bridgehead atoms. The molecule has 0 radical (unpaired) electrons. The van der Waals surface area contributed by atoms with Crippen molar-refractivity contribution in [2.75, 3.05) is 0 Å². The first-order valence-corrected chi connectivity index (χ1v) is 8.18. The number of nitrogens with zero attached hydrogens (tertiary/aromatic N) is 1. The molecule has 4 heteroatoms. The molecule has 1 heterocycles. The van der Waals surface area contributed by atoms with Crippen molar-refractivity contribution in [1.29, 1.82) is 0 Å². The van der Waals surface area contributed by atoms with Crippen LogP contribution in [0.4, 0.5) is 0 Å². The Morgan fingerprint density at radius 1 is 1.32 bits per heavy atom. The first kappa shape index (κ1) is 13.3. The number of rotatable bonds is 3. The Labute approximate surface area is 126 Å². The Balaban J connectivity index is 2.06. The quantitative estimate of drug-likeness (QED) is 0.894. The number of halogens is 1. The number of hydrogen-bond donors (Lipinski definition) is 1. The molecule has 0 aliphatic heterocycles. The maximum atomic E-state index is 5.85. The van der Waals surface area contributed by atoms with Crippen LogP contribution in [0.3, 0.4) is 0 Å². The van der Waals surface area contributed by atoms with Gasteiger partial charge in [0.25, 0.3) is 0 Å². The van der Waals surface area contributed by atoms with Gasteiger partial charge in [0.1, 0.15) is 5.01 Å². The lowest BCUT2D eigenvalue weighted by Gasteiger charge is -2.05. The molecular weight excluding hydrogens is 320 g/mol. The van der Waals surface area contributed by atoms with Gasteiger partial charge in [-0.3, -0.25) is 0 Å². The van der Waals surface area contributed by atoms with E-state index >= 15 is 0 Å². The molecule has 19 heavy (non-hydrogen) atoms. The van der Waals surface area contributed by atoms with Crippen molar-refractivity contribution >= 4 is 27.3 Å². The van der Waals surface area contributed by atoms with Gasteiger partial charge in [-0.25, -0.2) is 4.98 Å². The number of aryl methyl sites for hydroxylation is 2. The van der Waals surface area contributed by atoms with E-state index in [9.17, 15) is 0 Å². The maximum Gasteiger partial charge on any atom is 0.123 e. The minimum atomic E-state index is 0.609. The Kier molecular flexibility index (Phi) is 3.50. The highest BCUT2D eigenvalue weighted by molar-refractivity contribution is 9.10. The molecule has 1 aliphatic rings. The summed E-state index contributed by atoms with van der Waals surface area (Å²) in [5, 5.41) is 1.11. The van der Waals surface area contributed by atoms with Crippen LogP contribution >= 0.6 is 27.3 Å². The fraction of sp³-hybridized carbons (Fsp3) is 0.400. The van der Waals surface area contributed by atoms with Crippen molar-refractivity contribution < 1.29 is 0 Å². The van der Waals surface area contributed by atoms with E-state index in [1.54, 1.807) is 11.3 Å². The van der Waals surface area contributed by atoms with Crippen LogP contribution in [0.2, 0.25) is 0 Å². The second-order valence-electron chi connectivity index (χ2n) is 5.23. The number of hydrogen-bond acceptors (Lipinski definition) is 3. The van der Waals surface area contributed by atoms with E-state index in [1.165, 1.54) is 44.6 Å². The molecule has 2 N–H and O–H groups in total. The van der Waals surface area contributed by atoms with E-state index in [4.69, 9.17) is 10.7 Å². The Bertz CT molecular complexity index is 606. The molecule has 0 saturated heterocycles. The molecule has 1 fully saturated rings. The van der Waals surface area contributed by atoms with Crippen LogP contribution in [-0.4, -0.2) is 4.98 Å². The standard InChI is InChI=1S/C15H17BrN2S/c1-8-5-11(6-9(2)13(8)16)15-18-14(10-3-4-10)12(7-17)19-15/h5-6,10H,3-4,7,17H2,1-2H3. The average molecular weight is 337 g/mol. The van der Waals surface area contributed by atoms with Crippen molar-refractivity contribution in [3.8, 4) is 10.6 Å². The predicted molar refractivity (Wildman–Crippen MR) is 84.6 cm³/mol. The number of benzene rings is 1. The second kappa shape index (κ2) is 5.00. The molecule has 1 saturated carbocycles. The normalized spacial score (nSPS) is 14.9. The lowest BCUT2D eigenvalue weighted by Crippen LogP contribution is -1.96. The topological polar surface area (TPSA) is 38.9 Å². The summed E-state index contributed by atoms with van der Waals surface area (Å²) in [4.78, 5) is 6.11. The average Bonchev–Trinajstić information content (AvgIpc) is 3.14. The highest BCUT2D eigenvalue weighted by Crippen LogP contribution is 2.44. The molecule has 0 atom stereocenters. The summed E-state index contributed by atoms with van der Waals surface area (Å²) < 4.78 is 1.19. The van der Waals surface area contributed by atoms with E-state index in [2.05, 4.69) is 41.9 Å². The third-order valence-electron chi connectivity index (χ3n) is 3.56. The molecule has 2 nitrogen and oxygen atoms in total. The fourth-order valence-corrected chi connectivity index (χ4v) is 3.62. The number of thiazole rings is 1. The van der Waals surface area contributed by atoms with Gasteiger partial charge in [-0.1, -0.05) is 15.9 Å². The summed E-state index contributed by atoms with van der Waals surface area (Å²) in [7, 11) is 0. The van der Waals surface area contributed by atoms with Crippen LogP contribution in [0.25, 0.3) is 10.6 Å². The summed E-state index contributed by atoms with van der Waals surface area (Å²) in [6.45, 7) is 4.86. The van der Waals surface area contributed by atoms with Crippen LogP contribution in [0, 0.1) is 13.8 Å². The van der Waals surface area contributed by atoms with Gasteiger partial charge in [0.15, 0.2) is 0 Å². The Hall–Kier alpha value is -0.710. The molecular formula is C15H17BrN2S. The molecule has 1 aromatic carbocycles. The summed E-state index contributed by atoms with van der Waals surface area (Å²) in [6, 6.07) is 4.40. The monoisotopic (exact) mass is 336 g/mol. The van der Waals surface area contributed by atoms with E-state index in [1.807, 2.05) is 0 Å². The smallest absolute Gasteiger partial charge is 0.123 e. The summed E-state index contributed by atoms with van der Waals surface area (Å²) in [6.07, 6.45) is 2.54. The summed E-state index contributed by atoms with van der Waals surface area (Å²) in [5.74, 6) is 0.668. The molecule has 0 amide bonds. The van der Waals surface area contributed by atoms with Crippen molar-refractivity contribution in [2.24, 2.45) is 5.73 Å². The molecule has 1 aromatic heterocycles. The summed E-state index contributed by atoms with van der Waals surface area (Å²) in [5.41, 5.74) is 10.8. The van der Waals surface area contributed by atoms with Gasteiger partial charge in [0.2, 0.25) is 0 Å². The Morgan fingerprint density at radius 2 is 1.95 bits per heavy atom. The van der Waals surface area contributed by atoms with Gasteiger partial charge in [0.05, 0.1) is 5.69 Å². The first-order chi connectivity index (χ1) is 9.10. The van der Waals surface area contributed by atoms with Gasteiger partial charge in [0, 0.05) is 27.4 Å². The van der Waals surface area contributed by atoms with Crippen LogP contribution in [0.15, 0.2) is 16.6 Å². The molecule has 2 aromatic rings. The lowest BCUT2D eigenvalue weighted by atomic mass is 10.1. The van der Waals surface area contributed by atoms with Gasteiger partial charge in [-0.15, -0.1) is 11.3 Å². The third kappa shape index (κ3) is 2.49. The van der Waals surface area contributed by atoms with E-state index in [0.717, 1.165) is 5.01 Å². The van der Waals surface area contributed by atoms with Crippen molar-refractivity contribution in [3.63, 3.8) is 0 Å². The highest BCUT2D eigenvalue weighted by Gasteiger charge is 2.29. The van der Waals surface area contributed by atoms with E-state index in [0.29, 0.717) is 12.5 Å². The van der Waals surface area contributed by atoms with Crippen molar-refractivity contribution in [2.45, 2.75) is 39.2 Å². The molecule has 0 spiro atoms. The first-order valence-electron chi connectivity index (χ1n) is 6.57. The summed E-state index contributed by atoms with van der Waals surface area (Å²) >= 11 is 5.37. The zero-order chi connectivity index (χ0) is 13.6. The molecule has 3 rings (SSSR count). The maximum absolute atomic E-state index is 5.85. The largest absolute Gasteiger partial charge is 0.326 e.